The molecule has 2 fully saturated rings. The summed E-state index contributed by atoms with van der Waals surface area (Å²) in [6, 6.07) is 0.717. The Morgan fingerprint density at radius 3 is 2.60 bits per heavy atom. The maximum absolute atomic E-state index is 10.5. The van der Waals surface area contributed by atoms with Crippen LogP contribution < -0.4 is 5.73 Å². The average molecular weight is 212 g/mol. The van der Waals surface area contributed by atoms with E-state index in [1.54, 1.807) is 0 Å². The lowest BCUT2D eigenvalue weighted by molar-refractivity contribution is -0.0543. The number of likely N-dealkylation sites (tertiary alicyclic amines) is 1. The van der Waals surface area contributed by atoms with Crippen LogP contribution in [0.3, 0.4) is 0 Å². The highest BCUT2D eigenvalue weighted by Crippen LogP contribution is 2.34. The van der Waals surface area contributed by atoms with E-state index < -0.39 is 5.60 Å². The molecule has 0 amide bonds. The van der Waals surface area contributed by atoms with Crippen LogP contribution >= 0.6 is 0 Å². The molecule has 2 unspecified atom stereocenters. The van der Waals surface area contributed by atoms with Gasteiger partial charge in [-0.15, -0.1) is 0 Å². The third kappa shape index (κ3) is 2.52. The van der Waals surface area contributed by atoms with E-state index in [9.17, 15) is 5.11 Å². The molecule has 2 rings (SSSR count). The van der Waals surface area contributed by atoms with Crippen LogP contribution in [-0.4, -0.2) is 40.8 Å². The van der Waals surface area contributed by atoms with E-state index >= 15 is 0 Å². The van der Waals surface area contributed by atoms with E-state index in [-0.39, 0.29) is 6.04 Å². The molecule has 3 nitrogen and oxygen atoms in total. The third-order valence-corrected chi connectivity index (χ3v) is 3.78. The van der Waals surface area contributed by atoms with Crippen molar-refractivity contribution >= 4 is 0 Å². The van der Waals surface area contributed by atoms with E-state index in [0.29, 0.717) is 5.92 Å². The summed E-state index contributed by atoms with van der Waals surface area (Å²) in [5.41, 5.74) is 5.51. The number of hydrogen-bond acceptors (Lipinski definition) is 3. The molecule has 2 atom stereocenters. The second-order valence-corrected chi connectivity index (χ2v) is 5.78. The predicted octanol–water partition coefficient (Wildman–Crippen LogP) is 0.959. The maximum Gasteiger partial charge on any atom is 0.0825 e. The summed E-state index contributed by atoms with van der Waals surface area (Å²) in [5.74, 6) is 0.522. The monoisotopic (exact) mass is 212 g/mol. The van der Waals surface area contributed by atoms with E-state index in [2.05, 4.69) is 18.7 Å². The van der Waals surface area contributed by atoms with Crippen molar-refractivity contribution in [3.63, 3.8) is 0 Å². The van der Waals surface area contributed by atoms with Crippen LogP contribution in [0.25, 0.3) is 0 Å². The Morgan fingerprint density at radius 1 is 1.47 bits per heavy atom. The summed E-state index contributed by atoms with van der Waals surface area (Å²) in [5, 5.41) is 10.5. The maximum atomic E-state index is 10.5. The van der Waals surface area contributed by atoms with Gasteiger partial charge in [0, 0.05) is 25.2 Å². The minimum absolute atomic E-state index is 0.0609. The molecule has 3 N–H and O–H groups in total. The van der Waals surface area contributed by atoms with Crippen LogP contribution in [0, 0.1) is 5.92 Å². The van der Waals surface area contributed by atoms with Gasteiger partial charge in [-0.1, -0.05) is 13.8 Å². The molecule has 0 radical (unpaired) electrons. The fourth-order valence-electron chi connectivity index (χ4n) is 2.77. The van der Waals surface area contributed by atoms with E-state index in [0.717, 1.165) is 32.0 Å². The lowest BCUT2D eigenvalue weighted by Gasteiger charge is -2.44. The van der Waals surface area contributed by atoms with Crippen molar-refractivity contribution in [1.29, 1.82) is 0 Å². The zero-order chi connectivity index (χ0) is 11.1. The highest BCUT2D eigenvalue weighted by atomic mass is 16.3. The molecule has 1 saturated carbocycles. The van der Waals surface area contributed by atoms with Crippen molar-refractivity contribution in [2.45, 2.75) is 57.2 Å². The Balaban J connectivity index is 1.92. The average Bonchev–Trinajstić information content (AvgIpc) is 2.91. The lowest BCUT2D eigenvalue weighted by atomic mass is 9.80. The second-order valence-electron chi connectivity index (χ2n) is 5.78. The number of nitrogens with zero attached hydrogens (tertiary/aromatic N) is 1. The minimum atomic E-state index is -0.612. The molecule has 3 heteroatoms. The van der Waals surface area contributed by atoms with Crippen LogP contribution in [0.2, 0.25) is 0 Å². The van der Waals surface area contributed by atoms with Gasteiger partial charge in [-0.3, -0.25) is 4.90 Å². The zero-order valence-electron chi connectivity index (χ0n) is 9.95. The van der Waals surface area contributed by atoms with Crippen LogP contribution in [-0.2, 0) is 0 Å². The Morgan fingerprint density at radius 2 is 2.13 bits per heavy atom. The van der Waals surface area contributed by atoms with E-state index in [1.165, 1.54) is 12.8 Å². The molecule has 88 valence electrons. The van der Waals surface area contributed by atoms with Crippen LogP contribution in [0.5, 0.6) is 0 Å². The van der Waals surface area contributed by atoms with Crippen molar-refractivity contribution < 1.29 is 5.11 Å². The Labute approximate surface area is 92.6 Å². The van der Waals surface area contributed by atoms with E-state index in [4.69, 9.17) is 5.73 Å². The zero-order valence-corrected chi connectivity index (χ0v) is 9.95. The predicted molar refractivity (Wildman–Crippen MR) is 61.6 cm³/mol. The first kappa shape index (κ1) is 11.4. The Bertz CT molecular complexity index is 228. The molecule has 15 heavy (non-hydrogen) atoms. The van der Waals surface area contributed by atoms with Crippen molar-refractivity contribution in [3.8, 4) is 0 Å². The topological polar surface area (TPSA) is 49.5 Å². The van der Waals surface area contributed by atoms with Crippen LogP contribution in [0.1, 0.15) is 39.5 Å². The van der Waals surface area contributed by atoms with Gasteiger partial charge < -0.3 is 10.8 Å². The first-order valence-corrected chi connectivity index (χ1v) is 6.23. The summed E-state index contributed by atoms with van der Waals surface area (Å²) in [6.45, 7) is 6.21. The van der Waals surface area contributed by atoms with Gasteiger partial charge in [-0.05, 0) is 31.6 Å². The number of rotatable bonds is 3. The number of nitrogens with two attached hydrogens (primary N) is 1. The third-order valence-electron chi connectivity index (χ3n) is 3.78. The first-order chi connectivity index (χ1) is 7.01. The van der Waals surface area contributed by atoms with Gasteiger partial charge in [-0.2, -0.15) is 0 Å². The molecule has 0 aromatic rings. The number of aliphatic hydroxyl groups is 1. The Hall–Kier alpha value is -0.120. The summed E-state index contributed by atoms with van der Waals surface area (Å²) in [6.07, 6.45) is 4.35. The molecule has 0 aromatic heterocycles. The van der Waals surface area contributed by atoms with Gasteiger partial charge in [0.15, 0.2) is 0 Å². The van der Waals surface area contributed by atoms with Crippen molar-refractivity contribution in [2.24, 2.45) is 11.7 Å². The summed E-state index contributed by atoms with van der Waals surface area (Å²) < 4.78 is 0. The van der Waals surface area contributed by atoms with Gasteiger partial charge in [0.2, 0.25) is 0 Å². The number of piperidine rings is 1. The summed E-state index contributed by atoms with van der Waals surface area (Å²) >= 11 is 0. The van der Waals surface area contributed by atoms with Crippen LogP contribution in [0.15, 0.2) is 0 Å². The molecule has 0 bridgehead atoms. The lowest BCUT2D eigenvalue weighted by Crippen LogP contribution is -2.60. The molecule has 1 heterocycles. The second kappa shape index (κ2) is 4.04. The van der Waals surface area contributed by atoms with Crippen molar-refractivity contribution in [2.75, 3.05) is 13.1 Å². The molecule has 1 saturated heterocycles. The Kier molecular flexibility index (Phi) is 3.06. The normalized spacial score (nSPS) is 38.6. The van der Waals surface area contributed by atoms with Gasteiger partial charge in [0.1, 0.15) is 0 Å². The van der Waals surface area contributed by atoms with Gasteiger partial charge >= 0.3 is 0 Å². The standard InChI is InChI=1S/C12H24N2O/c1-9(2)7-12(15)5-6-14(8-11(12)13)10-3-4-10/h9-11,15H,3-8,13H2,1-2H3. The smallest absolute Gasteiger partial charge is 0.0825 e. The number of hydrogen-bond donors (Lipinski definition) is 2. The molecule has 1 aliphatic heterocycles. The molecular weight excluding hydrogens is 188 g/mol. The largest absolute Gasteiger partial charge is 0.388 e. The van der Waals surface area contributed by atoms with Crippen LogP contribution in [0.4, 0.5) is 0 Å². The minimum Gasteiger partial charge on any atom is -0.388 e. The highest BCUT2D eigenvalue weighted by molar-refractivity contribution is 5.00. The summed E-state index contributed by atoms with van der Waals surface area (Å²) in [4.78, 5) is 2.46. The van der Waals surface area contributed by atoms with E-state index in [1.807, 2.05) is 0 Å². The fourth-order valence-corrected chi connectivity index (χ4v) is 2.77. The summed E-state index contributed by atoms with van der Waals surface area (Å²) in [7, 11) is 0. The van der Waals surface area contributed by atoms with Gasteiger partial charge in [-0.25, -0.2) is 0 Å². The molecule has 2 aliphatic rings. The first-order valence-electron chi connectivity index (χ1n) is 6.23. The van der Waals surface area contributed by atoms with Gasteiger partial charge in [0.05, 0.1) is 5.60 Å². The fraction of sp³-hybridized carbons (Fsp3) is 1.00. The molecule has 0 spiro atoms. The van der Waals surface area contributed by atoms with Gasteiger partial charge in [0.25, 0.3) is 0 Å². The molecule has 0 aromatic carbocycles. The quantitative estimate of drug-likeness (QED) is 0.732. The van der Waals surface area contributed by atoms with Crippen molar-refractivity contribution in [1.82, 2.24) is 4.90 Å². The highest BCUT2D eigenvalue weighted by Gasteiger charge is 2.43. The molecular formula is C12H24N2O. The SMILES string of the molecule is CC(C)CC1(O)CCN(C2CC2)CC1N. The van der Waals surface area contributed by atoms with Crippen molar-refractivity contribution in [3.05, 3.63) is 0 Å². The molecule has 1 aliphatic carbocycles.